The van der Waals surface area contributed by atoms with E-state index in [0.29, 0.717) is 11.3 Å². The van der Waals surface area contributed by atoms with E-state index in [1.165, 1.54) is 12.8 Å². The van der Waals surface area contributed by atoms with Crippen LogP contribution >= 0.6 is 0 Å². The van der Waals surface area contributed by atoms with Crippen LogP contribution in [0.2, 0.25) is 0 Å². The minimum absolute atomic E-state index is 0.349. The van der Waals surface area contributed by atoms with Crippen molar-refractivity contribution in [2.45, 2.75) is 65.4 Å². The van der Waals surface area contributed by atoms with Crippen LogP contribution in [0.5, 0.6) is 0 Å². The molecule has 0 radical (unpaired) electrons. The molecule has 0 aromatic rings. The average Bonchev–Trinajstić information content (AvgIpc) is 1.79. The van der Waals surface area contributed by atoms with E-state index in [4.69, 9.17) is 0 Å². The van der Waals surface area contributed by atoms with Crippen LogP contribution in [0, 0.1) is 11.3 Å². The molecule has 1 atom stereocenters. The van der Waals surface area contributed by atoms with Gasteiger partial charge in [0.2, 0.25) is 0 Å². The van der Waals surface area contributed by atoms with E-state index in [1.807, 2.05) is 0 Å². The topological polar surface area (TPSA) is 20.2 Å². The molecule has 0 amide bonds. The summed E-state index contributed by atoms with van der Waals surface area (Å²) in [5.74, 6) is 0.610. The van der Waals surface area contributed by atoms with Gasteiger partial charge in [-0.15, -0.1) is 0 Å². The van der Waals surface area contributed by atoms with Crippen molar-refractivity contribution in [3.05, 3.63) is 0 Å². The average molecular weight is 184 g/mol. The summed E-state index contributed by atoms with van der Waals surface area (Å²) >= 11 is 0. The van der Waals surface area contributed by atoms with Crippen LogP contribution in [-0.4, -0.2) is 10.7 Å². The Kier molecular flexibility index (Phi) is 3.06. The first kappa shape index (κ1) is 11.0. The first-order valence-electron chi connectivity index (χ1n) is 5.55. The Labute approximate surface area is 82.5 Å². The molecule has 1 aliphatic carbocycles. The van der Waals surface area contributed by atoms with Gasteiger partial charge < -0.3 is 5.11 Å². The summed E-state index contributed by atoms with van der Waals surface area (Å²) in [7, 11) is 0. The summed E-state index contributed by atoms with van der Waals surface area (Å²) in [6, 6.07) is 0. The molecule has 1 heteroatoms. The maximum Gasteiger partial charge on any atom is 0.0655 e. The van der Waals surface area contributed by atoms with E-state index < -0.39 is 0 Å². The largest absolute Gasteiger partial charge is 0.390 e. The molecule has 1 fully saturated rings. The predicted molar refractivity (Wildman–Crippen MR) is 56.7 cm³/mol. The fourth-order valence-electron chi connectivity index (χ4n) is 2.90. The fourth-order valence-corrected chi connectivity index (χ4v) is 2.90. The zero-order valence-electron chi connectivity index (χ0n) is 9.56. The van der Waals surface area contributed by atoms with Crippen LogP contribution in [0.1, 0.15) is 59.8 Å². The highest BCUT2D eigenvalue weighted by Crippen LogP contribution is 2.43. The van der Waals surface area contributed by atoms with Crippen molar-refractivity contribution in [2.75, 3.05) is 0 Å². The molecule has 0 aromatic carbocycles. The van der Waals surface area contributed by atoms with Crippen LogP contribution in [0.4, 0.5) is 0 Å². The van der Waals surface area contributed by atoms with Crippen LogP contribution < -0.4 is 0 Å². The van der Waals surface area contributed by atoms with E-state index in [0.717, 1.165) is 19.3 Å². The normalized spacial score (nSPS) is 33.7. The molecule has 1 nitrogen and oxygen atoms in total. The van der Waals surface area contributed by atoms with Crippen molar-refractivity contribution in [1.82, 2.24) is 0 Å². The summed E-state index contributed by atoms with van der Waals surface area (Å²) in [4.78, 5) is 0. The van der Waals surface area contributed by atoms with E-state index in [-0.39, 0.29) is 5.60 Å². The molecule has 0 aromatic heterocycles. The Hall–Kier alpha value is -0.0400. The Morgan fingerprint density at radius 2 is 1.85 bits per heavy atom. The third kappa shape index (κ3) is 3.30. The van der Waals surface area contributed by atoms with Crippen LogP contribution in [0.15, 0.2) is 0 Å². The predicted octanol–water partition coefficient (Wildman–Crippen LogP) is 3.36. The fraction of sp³-hybridized carbons (Fsp3) is 1.00. The molecule has 0 aliphatic heterocycles. The van der Waals surface area contributed by atoms with E-state index in [1.54, 1.807) is 0 Å². The molecule has 1 saturated carbocycles. The van der Waals surface area contributed by atoms with Gasteiger partial charge in [-0.2, -0.15) is 0 Å². The van der Waals surface area contributed by atoms with Crippen molar-refractivity contribution in [3.8, 4) is 0 Å². The standard InChI is InChI=1S/C12H24O/c1-10(2)8-12(13)7-5-6-11(3,4)9-12/h10,13H,5-9H2,1-4H3/t12-/m0/s1. The van der Waals surface area contributed by atoms with Crippen molar-refractivity contribution in [2.24, 2.45) is 11.3 Å². The lowest BCUT2D eigenvalue weighted by atomic mass is 9.67. The minimum atomic E-state index is -0.365. The zero-order valence-corrected chi connectivity index (χ0v) is 9.56. The molecule has 1 aliphatic rings. The van der Waals surface area contributed by atoms with Gasteiger partial charge in [-0.05, 0) is 37.0 Å². The lowest BCUT2D eigenvalue weighted by Crippen LogP contribution is -2.39. The highest BCUT2D eigenvalue weighted by atomic mass is 16.3. The van der Waals surface area contributed by atoms with Gasteiger partial charge >= 0.3 is 0 Å². The lowest BCUT2D eigenvalue weighted by molar-refractivity contribution is -0.0529. The van der Waals surface area contributed by atoms with Gasteiger partial charge in [0, 0.05) is 0 Å². The molecule has 13 heavy (non-hydrogen) atoms. The molecule has 1 rings (SSSR count). The van der Waals surface area contributed by atoms with Crippen LogP contribution in [0.3, 0.4) is 0 Å². The second-order valence-corrected chi connectivity index (χ2v) is 6.02. The maximum absolute atomic E-state index is 10.4. The smallest absolute Gasteiger partial charge is 0.0655 e. The highest BCUT2D eigenvalue weighted by molar-refractivity contribution is 4.90. The Morgan fingerprint density at radius 3 is 2.31 bits per heavy atom. The molecular formula is C12H24O. The Morgan fingerprint density at radius 1 is 1.23 bits per heavy atom. The van der Waals surface area contributed by atoms with Crippen molar-refractivity contribution >= 4 is 0 Å². The Bertz CT molecular complexity index is 172. The van der Waals surface area contributed by atoms with Gasteiger partial charge in [0.25, 0.3) is 0 Å². The van der Waals surface area contributed by atoms with Gasteiger partial charge in [0.05, 0.1) is 5.60 Å². The first-order valence-corrected chi connectivity index (χ1v) is 5.55. The maximum atomic E-state index is 10.4. The van der Waals surface area contributed by atoms with E-state index in [2.05, 4.69) is 27.7 Å². The second kappa shape index (κ2) is 3.61. The molecule has 0 spiro atoms. The first-order chi connectivity index (χ1) is 5.83. The quantitative estimate of drug-likeness (QED) is 0.697. The Balaban J connectivity index is 2.58. The van der Waals surface area contributed by atoms with Gasteiger partial charge in [-0.25, -0.2) is 0 Å². The molecule has 0 unspecified atom stereocenters. The number of aliphatic hydroxyl groups is 1. The third-order valence-electron chi connectivity index (χ3n) is 3.09. The molecule has 0 bridgehead atoms. The van der Waals surface area contributed by atoms with Gasteiger partial charge in [-0.1, -0.05) is 34.1 Å². The van der Waals surface area contributed by atoms with Gasteiger partial charge in [0.15, 0.2) is 0 Å². The SMILES string of the molecule is CC(C)C[C@@]1(O)CCCC(C)(C)C1. The number of hydrogen-bond acceptors (Lipinski definition) is 1. The van der Waals surface area contributed by atoms with Gasteiger partial charge in [0.1, 0.15) is 0 Å². The van der Waals surface area contributed by atoms with E-state index >= 15 is 0 Å². The zero-order chi connectivity index (χ0) is 10.1. The van der Waals surface area contributed by atoms with Crippen molar-refractivity contribution in [1.29, 1.82) is 0 Å². The molecule has 0 heterocycles. The number of rotatable bonds is 2. The summed E-state index contributed by atoms with van der Waals surface area (Å²) < 4.78 is 0. The van der Waals surface area contributed by atoms with Crippen LogP contribution in [0.25, 0.3) is 0 Å². The summed E-state index contributed by atoms with van der Waals surface area (Å²) in [6.45, 7) is 8.94. The third-order valence-corrected chi connectivity index (χ3v) is 3.09. The molecule has 78 valence electrons. The van der Waals surface area contributed by atoms with Crippen LogP contribution in [-0.2, 0) is 0 Å². The lowest BCUT2D eigenvalue weighted by Gasteiger charge is -2.42. The molecule has 1 N–H and O–H groups in total. The second-order valence-electron chi connectivity index (χ2n) is 6.02. The van der Waals surface area contributed by atoms with Gasteiger partial charge in [-0.3, -0.25) is 0 Å². The highest BCUT2D eigenvalue weighted by Gasteiger charge is 2.38. The number of hydrogen-bond donors (Lipinski definition) is 1. The molecular weight excluding hydrogens is 160 g/mol. The van der Waals surface area contributed by atoms with E-state index in [9.17, 15) is 5.11 Å². The summed E-state index contributed by atoms with van der Waals surface area (Å²) in [6.07, 6.45) is 5.42. The summed E-state index contributed by atoms with van der Waals surface area (Å²) in [5.41, 5.74) is -0.0161. The molecule has 0 saturated heterocycles. The van der Waals surface area contributed by atoms with Crippen molar-refractivity contribution in [3.63, 3.8) is 0 Å². The monoisotopic (exact) mass is 184 g/mol. The minimum Gasteiger partial charge on any atom is -0.390 e. The summed E-state index contributed by atoms with van der Waals surface area (Å²) in [5, 5.41) is 10.4. The van der Waals surface area contributed by atoms with Crippen molar-refractivity contribution < 1.29 is 5.11 Å².